The van der Waals surface area contributed by atoms with Gasteiger partial charge >= 0.3 is 6.09 Å². The molecule has 2 aliphatic rings. The average Bonchev–Trinajstić information content (AvgIpc) is 2.61. The van der Waals surface area contributed by atoms with Crippen molar-refractivity contribution in [3.05, 3.63) is 29.8 Å². The molecule has 0 unspecified atom stereocenters. The largest absolute Gasteiger partial charge is 0.444 e. The van der Waals surface area contributed by atoms with E-state index in [0.717, 1.165) is 63.1 Å². The van der Waals surface area contributed by atoms with E-state index in [9.17, 15) is 10.1 Å². The van der Waals surface area contributed by atoms with E-state index in [1.807, 2.05) is 49.9 Å². The van der Waals surface area contributed by atoms with E-state index in [0.29, 0.717) is 5.41 Å². The summed E-state index contributed by atoms with van der Waals surface area (Å²) in [6.07, 6.45) is 4.14. The van der Waals surface area contributed by atoms with Crippen molar-refractivity contribution in [1.29, 1.82) is 5.26 Å². The second-order valence-electron chi connectivity index (χ2n) is 8.58. The Morgan fingerprint density at radius 1 is 1.08 bits per heavy atom. The van der Waals surface area contributed by atoms with E-state index < -0.39 is 5.60 Å². The summed E-state index contributed by atoms with van der Waals surface area (Å²) in [5, 5.41) is 9.33. The molecule has 26 heavy (non-hydrogen) atoms. The lowest BCUT2D eigenvalue weighted by molar-refractivity contribution is 0.00666. The molecule has 2 fully saturated rings. The number of carbonyl (C=O) groups excluding carboxylic acids is 1. The number of nitriles is 1. The Morgan fingerprint density at radius 2 is 1.65 bits per heavy atom. The number of amides is 1. The lowest BCUT2D eigenvalue weighted by Crippen LogP contribution is -2.49. The van der Waals surface area contributed by atoms with Crippen LogP contribution in [-0.2, 0) is 4.74 Å². The minimum absolute atomic E-state index is 0.187. The molecule has 1 spiro atoms. The molecular formula is C21H29N3O2. The summed E-state index contributed by atoms with van der Waals surface area (Å²) in [7, 11) is 0. The number of anilines is 1. The topological polar surface area (TPSA) is 56.6 Å². The molecule has 0 radical (unpaired) electrons. The molecule has 140 valence electrons. The third kappa shape index (κ3) is 4.12. The maximum atomic E-state index is 12.3. The lowest BCUT2D eigenvalue weighted by atomic mass is 9.71. The summed E-state index contributed by atoms with van der Waals surface area (Å²) in [5.74, 6) is 0. The summed E-state index contributed by atoms with van der Waals surface area (Å²) in [4.78, 5) is 16.4. The second kappa shape index (κ2) is 7.19. The van der Waals surface area contributed by atoms with Crippen LogP contribution in [0.15, 0.2) is 24.3 Å². The monoisotopic (exact) mass is 355 g/mol. The smallest absolute Gasteiger partial charge is 0.410 e. The van der Waals surface area contributed by atoms with Crippen LogP contribution >= 0.6 is 0 Å². The number of nitrogens with zero attached hydrogens (tertiary/aromatic N) is 3. The molecule has 5 nitrogen and oxygen atoms in total. The number of benzene rings is 1. The molecule has 3 rings (SSSR count). The van der Waals surface area contributed by atoms with Crippen LogP contribution in [0.5, 0.6) is 0 Å². The van der Waals surface area contributed by atoms with Gasteiger partial charge in [0.15, 0.2) is 0 Å². The van der Waals surface area contributed by atoms with Gasteiger partial charge in [-0.2, -0.15) is 5.26 Å². The average molecular weight is 355 g/mol. The highest BCUT2D eigenvalue weighted by Crippen LogP contribution is 2.42. The number of hydrogen-bond donors (Lipinski definition) is 0. The molecule has 1 aromatic carbocycles. The van der Waals surface area contributed by atoms with Crippen LogP contribution in [0.3, 0.4) is 0 Å². The molecular weight excluding hydrogens is 326 g/mol. The van der Waals surface area contributed by atoms with E-state index >= 15 is 0 Å². The van der Waals surface area contributed by atoms with Crippen molar-refractivity contribution < 1.29 is 9.53 Å². The Kier molecular flexibility index (Phi) is 5.13. The quantitative estimate of drug-likeness (QED) is 0.758. The normalized spacial score (nSPS) is 19.9. The number of piperidine rings is 2. The van der Waals surface area contributed by atoms with Crippen molar-refractivity contribution in [2.75, 3.05) is 31.1 Å². The fraction of sp³-hybridized carbons (Fsp3) is 0.619. The van der Waals surface area contributed by atoms with Crippen molar-refractivity contribution in [3.63, 3.8) is 0 Å². The van der Waals surface area contributed by atoms with Crippen LogP contribution in [0.1, 0.15) is 52.0 Å². The lowest BCUT2D eigenvalue weighted by Gasteiger charge is -2.47. The van der Waals surface area contributed by atoms with Crippen LogP contribution in [0.4, 0.5) is 10.5 Å². The minimum Gasteiger partial charge on any atom is -0.444 e. The van der Waals surface area contributed by atoms with Gasteiger partial charge < -0.3 is 14.5 Å². The van der Waals surface area contributed by atoms with Crippen LogP contribution in [0.25, 0.3) is 0 Å². The highest BCUT2D eigenvalue weighted by molar-refractivity contribution is 5.68. The van der Waals surface area contributed by atoms with Crippen molar-refractivity contribution in [2.24, 2.45) is 5.41 Å². The first-order valence-corrected chi connectivity index (χ1v) is 9.54. The first-order chi connectivity index (χ1) is 12.3. The summed E-state index contributed by atoms with van der Waals surface area (Å²) < 4.78 is 5.50. The molecule has 0 N–H and O–H groups in total. The number of carbonyl (C=O) groups is 1. The molecule has 0 aromatic heterocycles. The zero-order valence-electron chi connectivity index (χ0n) is 16.1. The minimum atomic E-state index is -0.439. The van der Waals surface area contributed by atoms with Gasteiger partial charge in [0.25, 0.3) is 0 Å². The molecule has 0 atom stereocenters. The Labute approximate surface area is 156 Å². The van der Waals surface area contributed by atoms with Gasteiger partial charge in [0.05, 0.1) is 11.3 Å². The molecule has 2 aliphatic heterocycles. The van der Waals surface area contributed by atoms with Crippen molar-refractivity contribution in [1.82, 2.24) is 4.90 Å². The van der Waals surface area contributed by atoms with Crippen LogP contribution in [0, 0.1) is 16.7 Å². The SMILES string of the molecule is CC(C)(C)OC(=O)N1CCC2(CC1)CCN(c1ccccc1C#N)CC2. The van der Waals surface area contributed by atoms with Crippen LogP contribution in [0.2, 0.25) is 0 Å². The summed E-state index contributed by atoms with van der Waals surface area (Å²) >= 11 is 0. The zero-order chi connectivity index (χ0) is 18.8. The summed E-state index contributed by atoms with van der Waals surface area (Å²) in [6, 6.07) is 10.1. The van der Waals surface area contributed by atoms with Crippen LogP contribution < -0.4 is 4.90 Å². The van der Waals surface area contributed by atoms with Crippen molar-refractivity contribution in [3.8, 4) is 6.07 Å². The van der Waals surface area contributed by atoms with E-state index in [1.165, 1.54) is 0 Å². The predicted octanol–water partition coefficient (Wildman–Crippen LogP) is 4.18. The van der Waals surface area contributed by atoms with Crippen molar-refractivity contribution in [2.45, 2.75) is 52.1 Å². The zero-order valence-corrected chi connectivity index (χ0v) is 16.1. The van der Waals surface area contributed by atoms with Gasteiger partial charge in [-0.05, 0) is 64.0 Å². The van der Waals surface area contributed by atoms with Gasteiger partial charge in [-0.25, -0.2) is 4.79 Å². The van der Waals surface area contributed by atoms with E-state index in [-0.39, 0.29) is 6.09 Å². The first-order valence-electron chi connectivity index (χ1n) is 9.54. The molecule has 0 aliphatic carbocycles. The Morgan fingerprint density at radius 3 is 2.23 bits per heavy atom. The number of para-hydroxylation sites is 1. The molecule has 2 saturated heterocycles. The third-order valence-corrected chi connectivity index (χ3v) is 5.67. The van der Waals surface area contributed by atoms with Gasteiger partial charge in [0, 0.05) is 26.2 Å². The molecule has 0 bridgehead atoms. The Balaban J connectivity index is 1.56. The Bertz CT molecular complexity index is 684. The van der Waals surface area contributed by atoms with Gasteiger partial charge in [-0.1, -0.05) is 12.1 Å². The predicted molar refractivity (Wildman–Crippen MR) is 102 cm³/mol. The Hall–Kier alpha value is -2.22. The summed E-state index contributed by atoms with van der Waals surface area (Å²) in [5.41, 5.74) is 1.70. The number of ether oxygens (including phenoxy) is 1. The highest BCUT2D eigenvalue weighted by atomic mass is 16.6. The molecule has 0 saturated carbocycles. The number of hydrogen-bond acceptors (Lipinski definition) is 4. The second-order valence-corrected chi connectivity index (χ2v) is 8.58. The number of likely N-dealkylation sites (tertiary alicyclic amines) is 1. The first kappa shape index (κ1) is 18.6. The van der Waals surface area contributed by atoms with Gasteiger partial charge in [-0.15, -0.1) is 0 Å². The van der Waals surface area contributed by atoms with E-state index in [1.54, 1.807) is 0 Å². The number of rotatable bonds is 1. The van der Waals surface area contributed by atoms with Gasteiger partial charge in [0.2, 0.25) is 0 Å². The maximum Gasteiger partial charge on any atom is 0.410 e. The molecule has 1 aromatic rings. The third-order valence-electron chi connectivity index (χ3n) is 5.67. The standard InChI is InChI=1S/C21H29N3O2/c1-20(2,3)26-19(25)24-14-10-21(11-15-24)8-12-23(13-9-21)18-7-5-4-6-17(18)16-22/h4-7H,8-15H2,1-3H3. The van der Waals surface area contributed by atoms with Crippen molar-refractivity contribution >= 4 is 11.8 Å². The highest BCUT2D eigenvalue weighted by Gasteiger charge is 2.39. The summed E-state index contributed by atoms with van der Waals surface area (Å²) in [6.45, 7) is 9.24. The van der Waals surface area contributed by atoms with E-state index in [2.05, 4.69) is 11.0 Å². The van der Waals surface area contributed by atoms with Gasteiger partial charge in [-0.3, -0.25) is 0 Å². The maximum absolute atomic E-state index is 12.3. The van der Waals surface area contributed by atoms with E-state index in [4.69, 9.17) is 4.74 Å². The van der Waals surface area contributed by atoms with Gasteiger partial charge in [0.1, 0.15) is 11.7 Å². The molecule has 2 heterocycles. The van der Waals surface area contributed by atoms with Crippen LogP contribution in [-0.4, -0.2) is 42.8 Å². The molecule has 1 amide bonds. The fourth-order valence-electron chi connectivity index (χ4n) is 4.06. The fourth-order valence-corrected chi connectivity index (χ4v) is 4.06. The molecule has 5 heteroatoms.